The Labute approximate surface area is 126 Å². The maximum absolute atomic E-state index is 12.1. The van der Waals surface area contributed by atoms with Gasteiger partial charge in [-0.1, -0.05) is 24.1 Å². The van der Waals surface area contributed by atoms with Gasteiger partial charge in [0.25, 0.3) is 11.8 Å². The Morgan fingerprint density at radius 3 is 2.36 bits per heavy atom. The van der Waals surface area contributed by atoms with E-state index in [1.54, 1.807) is 24.4 Å². The van der Waals surface area contributed by atoms with Crippen molar-refractivity contribution in [1.82, 2.24) is 10.0 Å². The van der Waals surface area contributed by atoms with E-state index in [2.05, 4.69) is 4.98 Å². The molecule has 1 aromatic carbocycles. The number of hydroxylamine groups is 2. The average Bonchev–Trinajstić information content (AvgIpc) is 2.80. The lowest BCUT2D eigenvalue weighted by Gasteiger charge is -2.12. The fourth-order valence-electron chi connectivity index (χ4n) is 2.18. The quantitative estimate of drug-likeness (QED) is 0.810. The highest BCUT2D eigenvalue weighted by atomic mass is 16.7. The summed E-state index contributed by atoms with van der Waals surface area (Å²) in [6.45, 7) is 1.93. The van der Waals surface area contributed by atoms with Gasteiger partial charge in [-0.2, -0.15) is 0 Å². The first-order valence-corrected chi connectivity index (χ1v) is 6.76. The minimum Gasteiger partial charge on any atom is -0.324 e. The number of imide groups is 1. The van der Waals surface area contributed by atoms with Crippen LogP contribution in [0.3, 0.4) is 0 Å². The van der Waals surface area contributed by atoms with E-state index < -0.39 is 17.8 Å². The molecule has 1 aliphatic heterocycles. The van der Waals surface area contributed by atoms with Crippen LogP contribution in [-0.2, 0) is 11.3 Å². The van der Waals surface area contributed by atoms with Gasteiger partial charge < -0.3 is 4.84 Å². The first-order chi connectivity index (χ1) is 10.6. The van der Waals surface area contributed by atoms with E-state index in [1.807, 2.05) is 6.92 Å². The van der Waals surface area contributed by atoms with E-state index in [4.69, 9.17) is 4.84 Å². The molecule has 3 rings (SSSR count). The number of benzene rings is 1. The Morgan fingerprint density at radius 2 is 1.77 bits per heavy atom. The lowest BCUT2D eigenvalue weighted by atomic mass is 10.1. The smallest absolute Gasteiger partial charge is 0.324 e. The number of aromatic nitrogens is 1. The number of rotatable bonds is 3. The van der Waals surface area contributed by atoms with Crippen molar-refractivity contribution in [3.8, 4) is 0 Å². The second-order valence-corrected chi connectivity index (χ2v) is 4.76. The Bertz CT molecular complexity index is 750. The van der Waals surface area contributed by atoms with Gasteiger partial charge in [-0.25, -0.2) is 4.79 Å². The minimum absolute atomic E-state index is 0.191. The maximum atomic E-state index is 12.1. The topological polar surface area (TPSA) is 76.6 Å². The highest BCUT2D eigenvalue weighted by Crippen LogP contribution is 2.23. The number of pyridine rings is 1. The standard InChI is InChI=1S/C16H12N2O4/c1-2-10-7-11(9-17-8-10)16(21)22-18-14(19)12-5-3-4-6-13(12)15(18)20/h3-9H,2H2,1H3. The number of carbonyl (C=O) groups excluding carboxylic acids is 3. The van der Waals surface area contributed by atoms with Crippen LogP contribution in [0.1, 0.15) is 43.6 Å². The summed E-state index contributed by atoms with van der Waals surface area (Å²) < 4.78 is 0. The van der Waals surface area contributed by atoms with Crippen LogP contribution in [-0.4, -0.2) is 27.8 Å². The Morgan fingerprint density at radius 1 is 1.14 bits per heavy atom. The number of amides is 2. The van der Waals surface area contributed by atoms with Crippen LogP contribution >= 0.6 is 0 Å². The van der Waals surface area contributed by atoms with Crippen molar-refractivity contribution < 1.29 is 19.2 Å². The number of hydrogen-bond donors (Lipinski definition) is 0. The van der Waals surface area contributed by atoms with Crippen molar-refractivity contribution in [2.75, 3.05) is 0 Å². The molecule has 6 heteroatoms. The monoisotopic (exact) mass is 296 g/mol. The predicted molar refractivity (Wildman–Crippen MR) is 76.0 cm³/mol. The molecule has 6 nitrogen and oxygen atoms in total. The zero-order valence-electron chi connectivity index (χ0n) is 11.8. The summed E-state index contributed by atoms with van der Waals surface area (Å²) in [5.41, 5.74) is 1.49. The number of aryl methyl sites for hydroxylation is 1. The van der Waals surface area contributed by atoms with E-state index in [0.717, 1.165) is 5.56 Å². The Kier molecular flexibility index (Phi) is 3.42. The SMILES string of the molecule is CCc1cncc(C(=O)ON2C(=O)c3ccccc3C2=O)c1. The molecule has 0 unspecified atom stereocenters. The van der Waals surface area contributed by atoms with Crippen molar-refractivity contribution in [2.24, 2.45) is 0 Å². The molecule has 2 aromatic rings. The summed E-state index contributed by atoms with van der Waals surface area (Å²) >= 11 is 0. The van der Waals surface area contributed by atoms with Gasteiger partial charge in [-0.3, -0.25) is 14.6 Å². The Balaban J connectivity index is 1.84. The van der Waals surface area contributed by atoms with E-state index in [0.29, 0.717) is 11.5 Å². The van der Waals surface area contributed by atoms with Crippen LogP contribution < -0.4 is 0 Å². The molecular weight excluding hydrogens is 284 g/mol. The summed E-state index contributed by atoms with van der Waals surface area (Å²) in [5, 5.41) is 0.492. The fraction of sp³-hybridized carbons (Fsp3) is 0.125. The van der Waals surface area contributed by atoms with E-state index in [9.17, 15) is 14.4 Å². The molecule has 2 heterocycles. The van der Waals surface area contributed by atoms with Gasteiger partial charge >= 0.3 is 5.97 Å². The average molecular weight is 296 g/mol. The number of fused-ring (bicyclic) bond motifs is 1. The molecule has 110 valence electrons. The van der Waals surface area contributed by atoms with Crippen molar-refractivity contribution in [3.05, 3.63) is 65.0 Å². The number of hydrogen-bond acceptors (Lipinski definition) is 5. The summed E-state index contributed by atoms with van der Waals surface area (Å²) in [4.78, 5) is 45.2. The summed E-state index contributed by atoms with van der Waals surface area (Å²) in [5.74, 6) is -2.08. The molecule has 0 N–H and O–H groups in total. The fourth-order valence-corrected chi connectivity index (χ4v) is 2.18. The molecule has 0 saturated carbocycles. The van der Waals surface area contributed by atoms with Crippen LogP contribution in [0.2, 0.25) is 0 Å². The van der Waals surface area contributed by atoms with Gasteiger partial charge in [0.15, 0.2) is 0 Å². The van der Waals surface area contributed by atoms with Gasteiger partial charge in [0.1, 0.15) is 0 Å². The van der Waals surface area contributed by atoms with Crippen LogP contribution in [0.4, 0.5) is 0 Å². The van der Waals surface area contributed by atoms with E-state index >= 15 is 0 Å². The van der Waals surface area contributed by atoms with Crippen LogP contribution in [0.25, 0.3) is 0 Å². The molecule has 0 radical (unpaired) electrons. The third kappa shape index (κ3) is 2.24. The normalized spacial score (nSPS) is 13.2. The van der Waals surface area contributed by atoms with Gasteiger partial charge in [-0.05, 0) is 30.2 Å². The van der Waals surface area contributed by atoms with Gasteiger partial charge in [0.05, 0.1) is 16.7 Å². The predicted octanol–water partition coefficient (Wildman–Crippen LogP) is 2.01. The van der Waals surface area contributed by atoms with Crippen molar-refractivity contribution in [3.63, 3.8) is 0 Å². The number of carbonyl (C=O) groups is 3. The zero-order chi connectivity index (χ0) is 15.7. The van der Waals surface area contributed by atoms with Crippen molar-refractivity contribution in [2.45, 2.75) is 13.3 Å². The second kappa shape index (κ2) is 5.40. The maximum Gasteiger partial charge on any atom is 0.365 e. The number of nitrogens with zero attached hydrogens (tertiary/aromatic N) is 2. The Hall–Kier alpha value is -3.02. The molecule has 0 saturated heterocycles. The van der Waals surface area contributed by atoms with Crippen LogP contribution in [0, 0.1) is 0 Å². The third-order valence-electron chi connectivity index (χ3n) is 3.37. The highest BCUT2D eigenvalue weighted by Gasteiger charge is 2.38. The zero-order valence-corrected chi connectivity index (χ0v) is 11.8. The first kappa shape index (κ1) is 13.9. The lowest BCUT2D eigenvalue weighted by Crippen LogP contribution is -2.32. The second-order valence-electron chi connectivity index (χ2n) is 4.76. The molecule has 1 aliphatic rings. The van der Waals surface area contributed by atoms with Crippen LogP contribution in [0.5, 0.6) is 0 Å². The van der Waals surface area contributed by atoms with Crippen molar-refractivity contribution in [1.29, 1.82) is 0 Å². The largest absolute Gasteiger partial charge is 0.365 e. The molecule has 0 aliphatic carbocycles. The molecule has 0 fully saturated rings. The summed E-state index contributed by atoms with van der Waals surface area (Å²) in [7, 11) is 0. The van der Waals surface area contributed by atoms with Crippen molar-refractivity contribution >= 4 is 17.8 Å². The molecule has 22 heavy (non-hydrogen) atoms. The van der Waals surface area contributed by atoms with Gasteiger partial charge in [0.2, 0.25) is 0 Å². The lowest BCUT2D eigenvalue weighted by molar-refractivity contribution is -0.0584. The van der Waals surface area contributed by atoms with Crippen LogP contribution in [0.15, 0.2) is 42.7 Å². The molecule has 0 spiro atoms. The third-order valence-corrected chi connectivity index (χ3v) is 3.37. The molecule has 1 aromatic heterocycles. The highest BCUT2D eigenvalue weighted by molar-refractivity contribution is 6.21. The molecular formula is C16H12N2O4. The van der Waals surface area contributed by atoms with E-state index in [-0.39, 0.29) is 16.7 Å². The summed E-state index contributed by atoms with van der Waals surface area (Å²) in [6, 6.07) is 7.94. The molecule has 2 amide bonds. The van der Waals surface area contributed by atoms with Gasteiger partial charge in [0, 0.05) is 12.4 Å². The first-order valence-electron chi connectivity index (χ1n) is 6.76. The van der Waals surface area contributed by atoms with E-state index in [1.165, 1.54) is 18.3 Å². The molecule has 0 atom stereocenters. The van der Waals surface area contributed by atoms with Gasteiger partial charge in [-0.15, -0.1) is 0 Å². The summed E-state index contributed by atoms with van der Waals surface area (Å²) in [6.07, 6.45) is 3.68. The molecule has 0 bridgehead atoms. The minimum atomic E-state index is -0.794.